The molecule has 0 unspecified atom stereocenters. The number of H-pyrrole nitrogens is 1. The molecule has 142 valence electrons. The largest absolute Gasteiger partial charge is 0.345 e. The molecule has 3 heterocycles. The Morgan fingerprint density at radius 3 is 2.96 bits per heavy atom. The number of aromatic amines is 1. The molecule has 0 radical (unpaired) electrons. The van der Waals surface area contributed by atoms with Crippen LogP contribution in [0.5, 0.6) is 0 Å². The minimum absolute atomic E-state index is 0.0156. The van der Waals surface area contributed by atoms with Crippen molar-refractivity contribution in [1.29, 1.82) is 0 Å². The smallest absolute Gasteiger partial charge is 0.342 e. The average Bonchev–Trinajstić information content (AvgIpc) is 3.19. The van der Waals surface area contributed by atoms with Gasteiger partial charge in [-0.3, -0.25) is 9.36 Å². The Balaban J connectivity index is 1.64. The quantitative estimate of drug-likeness (QED) is 0.763. The molecule has 1 atom stereocenters. The molecular formula is C19H24N6O2. The molecule has 1 fully saturated rings. The van der Waals surface area contributed by atoms with Crippen LogP contribution in [0.25, 0.3) is 11.0 Å². The zero-order valence-corrected chi connectivity index (χ0v) is 15.9. The molecule has 1 saturated heterocycles. The standard InChI is InChI=1S/C19H24N6O2/c1-4-25-17(22-23(3)19(25)27)13-7-6-10-24(11-13)18(26)14-8-5-9-15-16(14)21-12(2)20-15/h5,8-9,13H,4,6-7,10-11H2,1-3H3,(H,20,21)/t13-/m1/s1. The van der Waals surface area contributed by atoms with Gasteiger partial charge in [0.15, 0.2) is 0 Å². The van der Waals surface area contributed by atoms with Gasteiger partial charge in [0.05, 0.1) is 11.1 Å². The van der Waals surface area contributed by atoms with Crippen molar-refractivity contribution in [3.8, 4) is 0 Å². The van der Waals surface area contributed by atoms with Gasteiger partial charge in [-0.1, -0.05) is 6.07 Å². The molecule has 1 aliphatic heterocycles. The van der Waals surface area contributed by atoms with Crippen molar-refractivity contribution in [3.05, 3.63) is 45.9 Å². The van der Waals surface area contributed by atoms with E-state index in [0.29, 0.717) is 30.7 Å². The second-order valence-corrected chi connectivity index (χ2v) is 7.12. The predicted octanol–water partition coefficient (Wildman–Crippen LogP) is 1.81. The van der Waals surface area contributed by atoms with Crippen molar-refractivity contribution in [1.82, 2.24) is 29.2 Å². The topological polar surface area (TPSA) is 88.8 Å². The Kier molecular flexibility index (Phi) is 4.33. The van der Waals surface area contributed by atoms with E-state index < -0.39 is 0 Å². The first-order chi connectivity index (χ1) is 13.0. The van der Waals surface area contributed by atoms with Gasteiger partial charge in [-0.2, -0.15) is 5.10 Å². The van der Waals surface area contributed by atoms with E-state index in [1.807, 2.05) is 36.9 Å². The highest BCUT2D eigenvalue weighted by Crippen LogP contribution is 2.27. The first kappa shape index (κ1) is 17.5. The predicted molar refractivity (Wildman–Crippen MR) is 102 cm³/mol. The summed E-state index contributed by atoms with van der Waals surface area (Å²) in [6, 6.07) is 5.64. The number of likely N-dealkylation sites (tertiary alicyclic amines) is 1. The maximum atomic E-state index is 13.2. The summed E-state index contributed by atoms with van der Waals surface area (Å²) in [4.78, 5) is 35.0. The third-order valence-corrected chi connectivity index (χ3v) is 5.29. The molecule has 4 rings (SSSR count). The van der Waals surface area contributed by atoms with Gasteiger partial charge in [-0.25, -0.2) is 14.5 Å². The number of nitrogens with zero attached hydrogens (tertiary/aromatic N) is 5. The summed E-state index contributed by atoms with van der Waals surface area (Å²) in [5, 5.41) is 4.44. The van der Waals surface area contributed by atoms with E-state index in [-0.39, 0.29) is 17.5 Å². The van der Waals surface area contributed by atoms with Crippen LogP contribution in [-0.2, 0) is 13.6 Å². The molecule has 0 aliphatic carbocycles. The molecule has 1 N–H and O–H groups in total. The number of carbonyl (C=O) groups is 1. The minimum atomic E-state index is -0.104. The lowest BCUT2D eigenvalue weighted by Gasteiger charge is -2.32. The molecule has 8 nitrogen and oxygen atoms in total. The van der Waals surface area contributed by atoms with Gasteiger partial charge in [-0.15, -0.1) is 0 Å². The number of nitrogens with one attached hydrogen (secondary N) is 1. The van der Waals surface area contributed by atoms with Gasteiger partial charge in [0.2, 0.25) is 0 Å². The molecule has 8 heteroatoms. The van der Waals surface area contributed by atoms with Crippen LogP contribution in [0, 0.1) is 6.92 Å². The molecule has 1 aliphatic rings. The highest BCUT2D eigenvalue weighted by Gasteiger charge is 2.30. The second-order valence-electron chi connectivity index (χ2n) is 7.12. The number of hydrogen-bond acceptors (Lipinski definition) is 4. The van der Waals surface area contributed by atoms with Crippen molar-refractivity contribution in [2.45, 2.75) is 39.2 Å². The molecule has 1 aromatic carbocycles. The molecule has 27 heavy (non-hydrogen) atoms. The first-order valence-corrected chi connectivity index (χ1v) is 9.38. The van der Waals surface area contributed by atoms with Gasteiger partial charge in [0.1, 0.15) is 17.2 Å². The number of imidazole rings is 1. The van der Waals surface area contributed by atoms with Crippen molar-refractivity contribution in [2.75, 3.05) is 13.1 Å². The summed E-state index contributed by atoms with van der Waals surface area (Å²) >= 11 is 0. The fourth-order valence-electron chi connectivity index (χ4n) is 3.99. The molecule has 0 bridgehead atoms. The lowest BCUT2D eigenvalue weighted by atomic mass is 9.96. The molecule has 0 saturated carbocycles. The van der Waals surface area contributed by atoms with Crippen LogP contribution in [0.1, 0.15) is 47.7 Å². The number of benzene rings is 1. The summed E-state index contributed by atoms with van der Waals surface area (Å²) in [5.41, 5.74) is 2.10. The van der Waals surface area contributed by atoms with Crippen LogP contribution >= 0.6 is 0 Å². The summed E-state index contributed by atoms with van der Waals surface area (Å²) < 4.78 is 3.09. The Hall–Kier alpha value is -2.90. The zero-order chi connectivity index (χ0) is 19.1. The average molecular weight is 368 g/mol. The Labute approximate surface area is 156 Å². The minimum Gasteiger partial charge on any atom is -0.342 e. The summed E-state index contributed by atoms with van der Waals surface area (Å²) in [6.45, 7) is 5.68. The van der Waals surface area contributed by atoms with Gasteiger partial charge in [-0.05, 0) is 38.8 Å². The molecule has 2 aromatic heterocycles. The number of fused-ring (bicyclic) bond motifs is 1. The first-order valence-electron chi connectivity index (χ1n) is 9.38. The summed E-state index contributed by atoms with van der Waals surface area (Å²) in [7, 11) is 1.67. The highest BCUT2D eigenvalue weighted by atomic mass is 16.2. The lowest BCUT2D eigenvalue weighted by molar-refractivity contribution is 0.0705. The van der Waals surface area contributed by atoms with Crippen LogP contribution in [0.15, 0.2) is 23.0 Å². The Bertz CT molecular complexity index is 1060. The molecular weight excluding hydrogens is 344 g/mol. The Morgan fingerprint density at radius 2 is 2.19 bits per heavy atom. The van der Waals surface area contributed by atoms with Crippen molar-refractivity contribution < 1.29 is 4.79 Å². The van der Waals surface area contributed by atoms with Gasteiger partial charge in [0, 0.05) is 32.6 Å². The fraction of sp³-hybridized carbons (Fsp3) is 0.474. The van der Waals surface area contributed by atoms with Crippen molar-refractivity contribution in [3.63, 3.8) is 0 Å². The van der Waals surface area contributed by atoms with Crippen molar-refractivity contribution >= 4 is 16.9 Å². The summed E-state index contributed by atoms with van der Waals surface area (Å²) in [5.74, 6) is 1.62. The number of amides is 1. The van der Waals surface area contributed by atoms with Crippen LogP contribution in [0.3, 0.4) is 0 Å². The third-order valence-electron chi connectivity index (χ3n) is 5.29. The van der Waals surface area contributed by atoms with Crippen LogP contribution in [0.2, 0.25) is 0 Å². The fourth-order valence-corrected chi connectivity index (χ4v) is 3.99. The van der Waals surface area contributed by atoms with Crippen LogP contribution < -0.4 is 5.69 Å². The number of aryl methyl sites for hydroxylation is 2. The number of piperidine rings is 1. The van der Waals surface area contributed by atoms with E-state index in [2.05, 4.69) is 15.1 Å². The highest BCUT2D eigenvalue weighted by molar-refractivity contribution is 6.04. The van der Waals surface area contributed by atoms with Gasteiger partial charge in [0.25, 0.3) is 5.91 Å². The van der Waals surface area contributed by atoms with E-state index in [1.165, 1.54) is 4.68 Å². The number of rotatable bonds is 3. The van der Waals surface area contributed by atoms with Crippen LogP contribution in [0.4, 0.5) is 0 Å². The molecule has 1 amide bonds. The zero-order valence-electron chi connectivity index (χ0n) is 15.9. The van der Waals surface area contributed by atoms with Gasteiger partial charge >= 0.3 is 5.69 Å². The number of aromatic nitrogens is 5. The maximum absolute atomic E-state index is 13.2. The maximum Gasteiger partial charge on any atom is 0.345 e. The normalized spacial score (nSPS) is 17.6. The number of carbonyl (C=O) groups excluding carboxylic acids is 1. The lowest BCUT2D eigenvalue weighted by Crippen LogP contribution is -2.40. The summed E-state index contributed by atoms with van der Waals surface area (Å²) in [6.07, 6.45) is 1.81. The Morgan fingerprint density at radius 1 is 1.37 bits per heavy atom. The molecule has 3 aromatic rings. The van der Waals surface area contributed by atoms with E-state index >= 15 is 0 Å². The third kappa shape index (κ3) is 2.94. The monoisotopic (exact) mass is 368 g/mol. The number of hydrogen-bond donors (Lipinski definition) is 1. The van der Waals surface area contributed by atoms with E-state index in [4.69, 9.17) is 0 Å². The SMILES string of the molecule is CCn1c([C@@H]2CCCN(C(=O)c3cccc4[nH]c(C)nc34)C2)nn(C)c1=O. The molecule has 0 spiro atoms. The van der Waals surface area contributed by atoms with Crippen LogP contribution in [-0.4, -0.2) is 48.2 Å². The number of para-hydroxylation sites is 1. The van der Waals surface area contributed by atoms with E-state index in [0.717, 1.165) is 30.0 Å². The van der Waals surface area contributed by atoms with Gasteiger partial charge < -0.3 is 9.88 Å². The van der Waals surface area contributed by atoms with E-state index in [1.54, 1.807) is 11.6 Å². The van der Waals surface area contributed by atoms with Crippen molar-refractivity contribution in [2.24, 2.45) is 7.05 Å². The second kappa shape index (κ2) is 6.68. The van der Waals surface area contributed by atoms with E-state index in [9.17, 15) is 9.59 Å².